The molecule has 0 fully saturated rings. The summed E-state index contributed by atoms with van der Waals surface area (Å²) in [4.78, 5) is 23.1. The Labute approximate surface area is 154 Å². The first-order valence-electron chi connectivity index (χ1n) is 8.16. The zero-order valence-corrected chi connectivity index (χ0v) is 15.5. The largest absolute Gasteiger partial charge is 0.332 e. The summed E-state index contributed by atoms with van der Waals surface area (Å²) in [5, 5.41) is 15.7. The van der Waals surface area contributed by atoms with E-state index >= 15 is 0 Å². The summed E-state index contributed by atoms with van der Waals surface area (Å²) in [6.45, 7) is 2.96. The Balaban J connectivity index is 2.17. The van der Waals surface area contributed by atoms with Crippen LogP contribution in [0.5, 0.6) is 0 Å². The number of nitrogens with one attached hydrogen (secondary N) is 1. The molecule has 25 heavy (non-hydrogen) atoms. The van der Waals surface area contributed by atoms with E-state index in [2.05, 4.69) is 28.2 Å². The molecular weight excluding hydrogens is 386 g/mol. The zero-order chi connectivity index (χ0) is 18.2. The van der Waals surface area contributed by atoms with Gasteiger partial charge in [0.1, 0.15) is 0 Å². The van der Waals surface area contributed by atoms with Gasteiger partial charge in [-0.2, -0.15) is 0 Å². The van der Waals surface area contributed by atoms with Gasteiger partial charge in [-0.1, -0.05) is 43.7 Å². The Morgan fingerprint density at radius 1 is 1.28 bits per heavy atom. The SMILES string of the molecule is CCCC[NH2+][C@@H](C(=O)Nc1ccc([N+](=O)[O-])cc1Br)c1ccccc1. The van der Waals surface area contributed by atoms with Crippen molar-refractivity contribution in [1.82, 2.24) is 0 Å². The molecule has 3 N–H and O–H groups in total. The summed E-state index contributed by atoms with van der Waals surface area (Å²) < 4.78 is 0.482. The fourth-order valence-corrected chi connectivity index (χ4v) is 2.94. The summed E-state index contributed by atoms with van der Waals surface area (Å²) in [7, 11) is 0. The van der Waals surface area contributed by atoms with Crippen molar-refractivity contribution in [3.8, 4) is 0 Å². The Morgan fingerprint density at radius 2 is 2.00 bits per heavy atom. The third-order valence-corrected chi connectivity index (χ3v) is 4.48. The molecule has 2 aromatic rings. The normalized spacial score (nSPS) is 11.8. The molecule has 0 bridgehead atoms. The number of nitro benzene ring substituents is 1. The monoisotopic (exact) mass is 406 g/mol. The van der Waals surface area contributed by atoms with Gasteiger partial charge in [0.15, 0.2) is 6.04 Å². The Morgan fingerprint density at radius 3 is 2.60 bits per heavy atom. The summed E-state index contributed by atoms with van der Waals surface area (Å²) in [5.41, 5.74) is 1.41. The van der Waals surface area contributed by atoms with Crippen LogP contribution in [0.1, 0.15) is 31.4 Å². The Kier molecular flexibility index (Phi) is 7.09. The number of hydrogen-bond donors (Lipinski definition) is 2. The number of unbranched alkanes of at least 4 members (excludes halogenated alkanes) is 1. The highest BCUT2D eigenvalue weighted by atomic mass is 79.9. The zero-order valence-electron chi connectivity index (χ0n) is 13.9. The second kappa shape index (κ2) is 9.29. The maximum absolute atomic E-state index is 12.8. The minimum Gasteiger partial charge on any atom is -0.332 e. The van der Waals surface area contributed by atoms with Crippen LogP contribution in [0.15, 0.2) is 53.0 Å². The number of halogens is 1. The van der Waals surface area contributed by atoms with E-state index in [4.69, 9.17) is 0 Å². The summed E-state index contributed by atoms with van der Waals surface area (Å²) in [6, 6.07) is 13.5. The van der Waals surface area contributed by atoms with Crippen molar-refractivity contribution in [3.05, 3.63) is 68.7 Å². The molecular formula is C18H21BrN3O3+. The summed E-state index contributed by atoms with van der Waals surface area (Å²) in [6.07, 6.45) is 2.09. The molecule has 0 spiro atoms. The topological polar surface area (TPSA) is 88.8 Å². The van der Waals surface area contributed by atoms with Gasteiger partial charge in [-0.25, -0.2) is 0 Å². The van der Waals surface area contributed by atoms with Crippen LogP contribution in [0.3, 0.4) is 0 Å². The van der Waals surface area contributed by atoms with Crippen LogP contribution in [-0.2, 0) is 4.79 Å². The van der Waals surface area contributed by atoms with Gasteiger partial charge in [-0.15, -0.1) is 0 Å². The number of carbonyl (C=O) groups excluding carboxylic acids is 1. The number of benzene rings is 2. The molecule has 0 unspecified atom stereocenters. The van der Waals surface area contributed by atoms with Gasteiger partial charge in [0.25, 0.3) is 11.6 Å². The number of nitrogens with two attached hydrogens (primary N) is 1. The van der Waals surface area contributed by atoms with Crippen molar-refractivity contribution in [2.45, 2.75) is 25.8 Å². The molecule has 2 aromatic carbocycles. The van der Waals surface area contributed by atoms with Crippen molar-refractivity contribution >= 4 is 33.2 Å². The van der Waals surface area contributed by atoms with Crippen molar-refractivity contribution < 1.29 is 15.0 Å². The smallest absolute Gasteiger partial charge is 0.287 e. The first kappa shape index (κ1) is 19.1. The van der Waals surface area contributed by atoms with Gasteiger partial charge in [0.05, 0.1) is 17.2 Å². The molecule has 1 atom stereocenters. The van der Waals surface area contributed by atoms with Crippen LogP contribution < -0.4 is 10.6 Å². The predicted octanol–water partition coefficient (Wildman–Crippen LogP) is 3.40. The van der Waals surface area contributed by atoms with Gasteiger partial charge < -0.3 is 10.6 Å². The van der Waals surface area contributed by atoms with Crippen molar-refractivity contribution in [2.24, 2.45) is 0 Å². The first-order chi connectivity index (χ1) is 12.0. The molecule has 0 aliphatic rings. The molecule has 6 nitrogen and oxygen atoms in total. The number of non-ortho nitro benzene ring substituents is 1. The minimum absolute atomic E-state index is 0.0287. The third kappa shape index (κ3) is 5.37. The van der Waals surface area contributed by atoms with Gasteiger partial charge in [0.2, 0.25) is 0 Å². The van der Waals surface area contributed by atoms with Crippen molar-refractivity contribution in [3.63, 3.8) is 0 Å². The molecule has 7 heteroatoms. The van der Waals surface area contributed by atoms with E-state index in [1.165, 1.54) is 18.2 Å². The van der Waals surface area contributed by atoms with Crippen molar-refractivity contribution in [1.29, 1.82) is 0 Å². The molecule has 1 amide bonds. The molecule has 0 aliphatic carbocycles. The highest BCUT2D eigenvalue weighted by Crippen LogP contribution is 2.27. The van der Waals surface area contributed by atoms with Gasteiger partial charge in [-0.05, 0) is 28.4 Å². The lowest BCUT2D eigenvalue weighted by Gasteiger charge is -2.16. The molecule has 2 rings (SSSR count). The lowest BCUT2D eigenvalue weighted by molar-refractivity contribution is -0.682. The van der Waals surface area contributed by atoms with Crippen LogP contribution in [0.25, 0.3) is 0 Å². The van der Waals surface area contributed by atoms with Gasteiger partial charge >= 0.3 is 0 Å². The molecule has 0 aromatic heterocycles. The lowest BCUT2D eigenvalue weighted by atomic mass is 10.1. The first-order valence-corrected chi connectivity index (χ1v) is 8.95. The van der Waals surface area contributed by atoms with E-state index in [1.54, 1.807) is 0 Å². The van der Waals surface area contributed by atoms with Gasteiger partial charge in [-0.3, -0.25) is 14.9 Å². The fraction of sp³-hybridized carbons (Fsp3) is 0.278. The quantitative estimate of drug-likeness (QED) is 0.399. The third-order valence-electron chi connectivity index (χ3n) is 3.82. The number of nitro groups is 1. The second-order valence-corrected chi connectivity index (χ2v) is 6.53. The van der Waals surface area contributed by atoms with E-state index in [-0.39, 0.29) is 17.6 Å². The average molecular weight is 407 g/mol. The molecule has 0 saturated carbocycles. The highest BCUT2D eigenvalue weighted by molar-refractivity contribution is 9.10. The highest BCUT2D eigenvalue weighted by Gasteiger charge is 2.24. The number of amides is 1. The predicted molar refractivity (Wildman–Crippen MR) is 100 cm³/mol. The van der Waals surface area contributed by atoms with Crippen LogP contribution in [0.2, 0.25) is 0 Å². The van der Waals surface area contributed by atoms with E-state index in [0.717, 1.165) is 24.9 Å². The molecule has 0 heterocycles. The number of quaternary nitrogens is 1. The standard InChI is InChI=1S/C18H20BrN3O3/c1-2-3-11-20-17(13-7-5-4-6-8-13)18(23)21-16-10-9-14(22(24)25)12-15(16)19/h4-10,12,17,20H,2-3,11H2,1H3,(H,21,23)/p+1/t17-/m1/s1. The van der Waals surface area contributed by atoms with E-state index in [9.17, 15) is 14.9 Å². The van der Waals surface area contributed by atoms with E-state index in [0.29, 0.717) is 10.2 Å². The average Bonchev–Trinajstić information content (AvgIpc) is 2.61. The maximum Gasteiger partial charge on any atom is 0.287 e. The Bertz CT molecular complexity index is 738. The summed E-state index contributed by atoms with van der Waals surface area (Å²) in [5.74, 6) is -0.156. The fourth-order valence-electron chi connectivity index (χ4n) is 2.47. The number of hydrogen-bond acceptors (Lipinski definition) is 3. The van der Waals surface area contributed by atoms with Crippen LogP contribution in [0.4, 0.5) is 11.4 Å². The maximum atomic E-state index is 12.8. The van der Waals surface area contributed by atoms with Crippen LogP contribution in [0, 0.1) is 10.1 Å². The van der Waals surface area contributed by atoms with E-state index in [1.807, 2.05) is 35.6 Å². The molecule has 0 aliphatic heterocycles. The second-order valence-electron chi connectivity index (χ2n) is 5.68. The number of nitrogens with zero attached hydrogens (tertiary/aromatic N) is 1. The molecule has 132 valence electrons. The summed E-state index contributed by atoms with van der Waals surface area (Å²) >= 11 is 3.28. The lowest BCUT2D eigenvalue weighted by Crippen LogP contribution is -2.87. The van der Waals surface area contributed by atoms with Gasteiger partial charge in [0, 0.05) is 22.2 Å². The number of carbonyl (C=O) groups is 1. The number of anilines is 1. The Hall–Kier alpha value is -2.25. The van der Waals surface area contributed by atoms with Crippen LogP contribution >= 0.6 is 15.9 Å². The van der Waals surface area contributed by atoms with Crippen LogP contribution in [-0.4, -0.2) is 17.4 Å². The van der Waals surface area contributed by atoms with Crippen molar-refractivity contribution in [2.75, 3.05) is 11.9 Å². The number of rotatable bonds is 8. The minimum atomic E-state index is -0.471. The van der Waals surface area contributed by atoms with E-state index < -0.39 is 4.92 Å². The molecule has 0 radical (unpaired) electrons. The molecule has 0 saturated heterocycles.